The first-order valence-corrected chi connectivity index (χ1v) is 8.61. The molecule has 23 heavy (non-hydrogen) atoms. The highest BCUT2D eigenvalue weighted by Crippen LogP contribution is 2.27. The van der Waals surface area contributed by atoms with Crippen molar-refractivity contribution < 1.29 is 9.59 Å². The number of hydrogen-bond acceptors (Lipinski definition) is 4. The predicted octanol–water partition coefficient (Wildman–Crippen LogP) is 2.55. The van der Waals surface area contributed by atoms with Gasteiger partial charge in [0.25, 0.3) is 5.91 Å². The molecule has 0 unspecified atom stereocenters. The lowest BCUT2D eigenvalue weighted by Gasteiger charge is -2.29. The monoisotopic (exact) mass is 329 g/mol. The fourth-order valence-electron chi connectivity index (χ4n) is 2.81. The third-order valence-corrected chi connectivity index (χ3v) is 4.91. The number of carbonyl (C=O) groups excluding carboxylic acids is 2. The van der Waals surface area contributed by atoms with Crippen molar-refractivity contribution in [2.75, 3.05) is 18.0 Å². The molecule has 5 nitrogen and oxygen atoms in total. The molecule has 1 N–H and O–H groups in total. The zero-order chi connectivity index (χ0) is 16.2. The minimum absolute atomic E-state index is 0.0541. The zero-order valence-corrected chi connectivity index (χ0v) is 13.9. The Morgan fingerprint density at radius 3 is 2.96 bits per heavy atom. The Bertz CT molecular complexity index is 726. The van der Waals surface area contributed by atoms with E-state index in [1.807, 2.05) is 23.1 Å². The third-order valence-electron chi connectivity index (χ3n) is 3.99. The van der Waals surface area contributed by atoms with E-state index in [0.29, 0.717) is 17.8 Å². The molecule has 1 aromatic heterocycles. The van der Waals surface area contributed by atoms with Gasteiger partial charge in [-0.25, -0.2) is 4.98 Å². The van der Waals surface area contributed by atoms with Crippen LogP contribution in [0, 0.1) is 6.92 Å². The number of hydrogen-bond donors (Lipinski definition) is 1. The first-order valence-electron chi connectivity index (χ1n) is 7.73. The summed E-state index contributed by atoms with van der Waals surface area (Å²) in [5, 5.41) is 2.80. The van der Waals surface area contributed by atoms with Crippen LogP contribution in [0.1, 0.15) is 33.8 Å². The Morgan fingerprint density at radius 2 is 2.17 bits per heavy atom. The van der Waals surface area contributed by atoms with E-state index < -0.39 is 0 Å². The predicted molar refractivity (Wildman–Crippen MR) is 90.9 cm³/mol. The molecule has 1 aromatic carbocycles. The number of fused-ring (bicyclic) bond motifs is 1. The fourth-order valence-corrected chi connectivity index (χ4v) is 3.53. The highest BCUT2D eigenvalue weighted by Gasteiger charge is 2.22. The van der Waals surface area contributed by atoms with Gasteiger partial charge in [-0.05, 0) is 31.4 Å². The van der Waals surface area contributed by atoms with Crippen LogP contribution in [0.3, 0.4) is 0 Å². The summed E-state index contributed by atoms with van der Waals surface area (Å²) in [6.45, 7) is 2.90. The molecule has 3 rings (SSSR count). The maximum Gasteiger partial charge on any atom is 0.263 e. The second-order valence-electron chi connectivity index (χ2n) is 5.55. The molecule has 1 aliphatic rings. The van der Waals surface area contributed by atoms with Gasteiger partial charge in [-0.1, -0.05) is 18.2 Å². The van der Waals surface area contributed by atoms with Crippen LogP contribution < -0.4 is 10.2 Å². The van der Waals surface area contributed by atoms with Crippen molar-refractivity contribution in [2.45, 2.75) is 26.2 Å². The van der Waals surface area contributed by atoms with E-state index >= 15 is 0 Å². The van der Waals surface area contributed by atoms with Crippen LogP contribution >= 0.6 is 11.3 Å². The smallest absolute Gasteiger partial charge is 0.263 e. The van der Waals surface area contributed by atoms with Crippen LogP contribution in [0.4, 0.5) is 5.69 Å². The standard InChI is InChI=1S/C17H19N3O2S/c1-12-16(23-11-19-12)17(22)18-9-8-15(21)20-10-4-6-13-5-2-3-7-14(13)20/h2-3,5,7,11H,4,6,8-10H2,1H3,(H,18,22). The Labute approximate surface area is 139 Å². The number of benzene rings is 1. The summed E-state index contributed by atoms with van der Waals surface area (Å²) < 4.78 is 0. The molecular weight excluding hydrogens is 310 g/mol. The average molecular weight is 329 g/mol. The number of nitrogens with one attached hydrogen (secondary N) is 1. The highest BCUT2D eigenvalue weighted by atomic mass is 32.1. The van der Waals surface area contributed by atoms with Gasteiger partial charge in [0.1, 0.15) is 4.88 Å². The SMILES string of the molecule is Cc1ncsc1C(=O)NCCC(=O)N1CCCc2ccccc21. The van der Waals surface area contributed by atoms with Gasteiger partial charge in [0.2, 0.25) is 5.91 Å². The summed E-state index contributed by atoms with van der Waals surface area (Å²) in [6.07, 6.45) is 2.30. The quantitative estimate of drug-likeness (QED) is 0.938. The number of amides is 2. The molecule has 6 heteroatoms. The lowest BCUT2D eigenvalue weighted by Crippen LogP contribution is -2.37. The zero-order valence-electron chi connectivity index (χ0n) is 13.0. The van der Waals surface area contributed by atoms with E-state index in [0.717, 1.165) is 30.8 Å². The van der Waals surface area contributed by atoms with Gasteiger partial charge in [-0.2, -0.15) is 0 Å². The van der Waals surface area contributed by atoms with Crippen molar-refractivity contribution in [1.82, 2.24) is 10.3 Å². The second kappa shape index (κ2) is 6.91. The first-order chi connectivity index (χ1) is 11.2. The summed E-state index contributed by atoms with van der Waals surface area (Å²) in [5.41, 5.74) is 4.61. The van der Waals surface area contributed by atoms with Gasteiger partial charge < -0.3 is 10.2 Å². The van der Waals surface area contributed by atoms with Crippen molar-refractivity contribution in [3.8, 4) is 0 Å². The Balaban J connectivity index is 1.56. The molecule has 120 valence electrons. The molecule has 0 saturated carbocycles. The van der Waals surface area contributed by atoms with Crippen molar-refractivity contribution in [3.63, 3.8) is 0 Å². The molecular formula is C17H19N3O2S. The number of para-hydroxylation sites is 1. The minimum atomic E-state index is -0.156. The number of aryl methyl sites for hydroxylation is 2. The number of anilines is 1. The fraction of sp³-hybridized carbons (Fsp3) is 0.353. The first kappa shape index (κ1) is 15.7. The van der Waals surface area contributed by atoms with E-state index in [2.05, 4.69) is 16.4 Å². The largest absolute Gasteiger partial charge is 0.351 e. The van der Waals surface area contributed by atoms with E-state index in [1.54, 1.807) is 12.4 Å². The van der Waals surface area contributed by atoms with E-state index in [-0.39, 0.29) is 11.8 Å². The molecule has 0 bridgehead atoms. The van der Waals surface area contributed by atoms with Crippen LogP contribution in [0.5, 0.6) is 0 Å². The summed E-state index contributed by atoms with van der Waals surface area (Å²) >= 11 is 1.32. The maximum atomic E-state index is 12.5. The molecule has 0 atom stereocenters. The van der Waals surface area contributed by atoms with Gasteiger partial charge in [0, 0.05) is 25.2 Å². The van der Waals surface area contributed by atoms with Gasteiger partial charge >= 0.3 is 0 Å². The molecule has 2 amide bonds. The molecule has 2 heterocycles. The average Bonchev–Trinajstić information content (AvgIpc) is 3.00. The van der Waals surface area contributed by atoms with Gasteiger partial charge in [-0.15, -0.1) is 11.3 Å². The summed E-state index contributed by atoms with van der Waals surface area (Å²) in [4.78, 5) is 31.0. The Morgan fingerprint density at radius 1 is 1.35 bits per heavy atom. The van der Waals surface area contributed by atoms with Crippen molar-refractivity contribution in [2.24, 2.45) is 0 Å². The number of rotatable bonds is 4. The molecule has 0 spiro atoms. The summed E-state index contributed by atoms with van der Waals surface area (Å²) in [7, 11) is 0. The van der Waals surface area contributed by atoms with E-state index in [1.165, 1.54) is 16.9 Å². The number of thiazole rings is 1. The van der Waals surface area contributed by atoms with Crippen LogP contribution in [0.25, 0.3) is 0 Å². The van der Waals surface area contributed by atoms with Gasteiger partial charge in [0.15, 0.2) is 0 Å². The number of carbonyl (C=O) groups is 2. The number of aromatic nitrogens is 1. The van der Waals surface area contributed by atoms with Crippen molar-refractivity contribution in [3.05, 3.63) is 45.9 Å². The van der Waals surface area contributed by atoms with E-state index in [4.69, 9.17) is 0 Å². The van der Waals surface area contributed by atoms with E-state index in [9.17, 15) is 9.59 Å². The lowest BCUT2D eigenvalue weighted by atomic mass is 10.0. The highest BCUT2D eigenvalue weighted by molar-refractivity contribution is 7.11. The topological polar surface area (TPSA) is 62.3 Å². The minimum Gasteiger partial charge on any atom is -0.351 e. The van der Waals surface area contributed by atoms with Crippen molar-refractivity contribution in [1.29, 1.82) is 0 Å². The van der Waals surface area contributed by atoms with Crippen LogP contribution in [-0.2, 0) is 11.2 Å². The third kappa shape index (κ3) is 3.42. The Kier molecular flexibility index (Phi) is 4.71. The maximum absolute atomic E-state index is 12.5. The molecule has 0 fully saturated rings. The normalized spacial score (nSPS) is 13.5. The summed E-state index contributed by atoms with van der Waals surface area (Å²) in [5.74, 6) is -0.102. The molecule has 1 aliphatic heterocycles. The number of nitrogens with zero attached hydrogens (tertiary/aromatic N) is 2. The van der Waals surface area contributed by atoms with Crippen LogP contribution in [0.15, 0.2) is 29.8 Å². The second-order valence-corrected chi connectivity index (χ2v) is 6.41. The molecule has 2 aromatic rings. The van der Waals surface area contributed by atoms with Crippen molar-refractivity contribution >= 4 is 28.8 Å². The molecule has 0 aliphatic carbocycles. The van der Waals surface area contributed by atoms with Crippen LogP contribution in [-0.4, -0.2) is 29.9 Å². The molecule has 0 saturated heterocycles. The summed E-state index contributed by atoms with van der Waals surface area (Å²) in [6, 6.07) is 8.03. The Hall–Kier alpha value is -2.21. The van der Waals surface area contributed by atoms with Gasteiger partial charge in [0.05, 0.1) is 11.2 Å². The lowest BCUT2D eigenvalue weighted by molar-refractivity contribution is -0.118. The molecule has 0 radical (unpaired) electrons. The van der Waals surface area contributed by atoms with Gasteiger partial charge in [-0.3, -0.25) is 9.59 Å². The van der Waals surface area contributed by atoms with Crippen LogP contribution in [0.2, 0.25) is 0 Å².